The Labute approximate surface area is 102 Å². The minimum Gasteiger partial charge on any atom is -0.0939 e. The van der Waals surface area contributed by atoms with Gasteiger partial charge in [-0.3, -0.25) is 0 Å². The zero-order chi connectivity index (χ0) is 11.7. The fourth-order valence-corrected chi connectivity index (χ4v) is 2.01. The normalized spacial score (nSPS) is 14.2. The molecule has 0 atom stereocenters. The summed E-state index contributed by atoms with van der Waals surface area (Å²) in [6, 6.07) is 20.8. The summed E-state index contributed by atoms with van der Waals surface area (Å²) in [6.07, 6.45) is 2.20. The van der Waals surface area contributed by atoms with Crippen LogP contribution < -0.4 is 0 Å². The average molecular weight is 217 g/mol. The van der Waals surface area contributed by atoms with Crippen molar-refractivity contribution in [3.05, 3.63) is 90.4 Å². The van der Waals surface area contributed by atoms with E-state index in [1.807, 2.05) is 24.3 Å². The van der Waals surface area contributed by atoms with Crippen LogP contribution in [0.4, 0.5) is 0 Å². The molecule has 0 spiro atoms. The molecule has 2 aromatic rings. The Morgan fingerprint density at radius 2 is 1.35 bits per heavy atom. The Morgan fingerprint density at radius 1 is 0.765 bits per heavy atom. The molecule has 0 bridgehead atoms. The van der Waals surface area contributed by atoms with Gasteiger partial charge < -0.3 is 0 Å². The highest BCUT2D eigenvalue weighted by molar-refractivity contribution is 6.08. The predicted molar refractivity (Wildman–Crippen MR) is 73.1 cm³/mol. The molecule has 0 heterocycles. The first-order valence-corrected chi connectivity index (χ1v) is 5.75. The molecule has 1 aliphatic carbocycles. The molecule has 0 unspecified atom stereocenters. The number of hydrogen-bond donors (Lipinski definition) is 0. The van der Waals surface area contributed by atoms with Crippen LogP contribution in [0.2, 0.25) is 0 Å². The van der Waals surface area contributed by atoms with E-state index >= 15 is 0 Å². The van der Waals surface area contributed by atoms with E-state index in [1.54, 1.807) is 0 Å². The molecule has 0 heteroatoms. The van der Waals surface area contributed by atoms with Crippen molar-refractivity contribution < 1.29 is 0 Å². The zero-order valence-corrected chi connectivity index (χ0v) is 9.56. The maximum absolute atomic E-state index is 4.17. The highest BCUT2D eigenvalue weighted by Crippen LogP contribution is 2.48. The maximum Gasteiger partial charge on any atom is 0.0563 e. The van der Waals surface area contributed by atoms with Crippen LogP contribution >= 0.6 is 0 Å². The molecule has 0 nitrogen and oxygen atoms in total. The van der Waals surface area contributed by atoms with Crippen molar-refractivity contribution in [2.24, 2.45) is 0 Å². The van der Waals surface area contributed by atoms with Crippen LogP contribution in [0.25, 0.3) is 11.1 Å². The summed E-state index contributed by atoms with van der Waals surface area (Å²) < 4.78 is 0. The van der Waals surface area contributed by atoms with Crippen LogP contribution in [-0.4, -0.2) is 0 Å². The van der Waals surface area contributed by atoms with Crippen LogP contribution in [-0.2, 0) is 0 Å². The summed E-state index contributed by atoms with van der Waals surface area (Å²) in [5.74, 6) is 1.28. The topological polar surface area (TPSA) is 0 Å². The molecule has 2 aromatic carbocycles. The summed E-state index contributed by atoms with van der Waals surface area (Å²) in [5.41, 5.74) is 4.91. The second-order valence-electron chi connectivity index (χ2n) is 4.18. The predicted octanol–water partition coefficient (Wildman–Crippen LogP) is 4.37. The SMILES string of the molecule is C=C([C]1C=C1c1ccccc1)c1ccccc1. The second-order valence-corrected chi connectivity index (χ2v) is 4.18. The van der Waals surface area contributed by atoms with Gasteiger partial charge in [0.1, 0.15) is 0 Å². The summed E-state index contributed by atoms with van der Waals surface area (Å²) in [6.45, 7) is 4.17. The van der Waals surface area contributed by atoms with Crippen molar-refractivity contribution in [1.29, 1.82) is 0 Å². The molecule has 3 rings (SSSR count). The van der Waals surface area contributed by atoms with Crippen molar-refractivity contribution >= 4 is 11.1 Å². The lowest BCUT2D eigenvalue weighted by molar-refractivity contribution is 1.56. The van der Waals surface area contributed by atoms with Crippen molar-refractivity contribution in [2.45, 2.75) is 0 Å². The molecule has 0 aliphatic heterocycles. The molecule has 1 radical (unpaired) electrons. The van der Waals surface area contributed by atoms with Crippen molar-refractivity contribution in [3.63, 3.8) is 0 Å². The van der Waals surface area contributed by atoms with Crippen LogP contribution in [0.15, 0.2) is 73.3 Å². The number of rotatable bonds is 3. The van der Waals surface area contributed by atoms with Gasteiger partial charge in [0.05, 0.1) is 5.92 Å². The van der Waals surface area contributed by atoms with Gasteiger partial charge in [-0.1, -0.05) is 73.3 Å². The monoisotopic (exact) mass is 217 g/mol. The largest absolute Gasteiger partial charge is 0.0939 e. The van der Waals surface area contributed by atoms with Gasteiger partial charge >= 0.3 is 0 Å². The third kappa shape index (κ3) is 1.94. The Kier molecular flexibility index (Phi) is 2.41. The average Bonchev–Trinajstić information content (AvgIpc) is 3.20. The summed E-state index contributed by atoms with van der Waals surface area (Å²) in [5, 5.41) is 0. The number of allylic oxidation sites excluding steroid dienone is 3. The minimum atomic E-state index is 1.12. The maximum atomic E-state index is 4.17. The van der Waals surface area contributed by atoms with E-state index in [0.29, 0.717) is 0 Å². The molecule has 1 aliphatic rings. The molecule has 81 valence electrons. The van der Waals surface area contributed by atoms with Gasteiger partial charge in [0, 0.05) is 0 Å². The van der Waals surface area contributed by atoms with E-state index in [2.05, 4.69) is 49.1 Å². The van der Waals surface area contributed by atoms with Crippen LogP contribution in [0.5, 0.6) is 0 Å². The lowest BCUT2D eigenvalue weighted by Gasteiger charge is -2.05. The van der Waals surface area contributed by atoms with Crippen LogP contribution in [0.1, 0.15) is 11.1 Å². The van der Waals surface area contributed by atoms with Gasteiger partial charge in [-0.2, -0.15) is 0 Å². The Bertz CT molecular complexity index is 562. The molecule has 0 amide bonds. The van der Waals surface area contributed by atoms with Gasteiger partial charge in [0.15, 0.2) is 0 Å². The standard InChI is InChI=1S/C17H13/c1-13(14-8-4-2-5-9-14)16-12-17(16)15-10-6-3-7-11-15/h2-12H,1H2. The summed E-state index contributed by atoms with van der Waals surface area (Å²) in [7, 11) is 0. The third-order valence-corrected chi connectivity index (χ3v) is 3.03. The van der Waals surface area contributed by atoms with Crippen molar-refractivity contribution in [3.8, 4) is 0 Å². The van der Waals surface area contributed by atoms with E-state index in [0.717, 1.165) is 5.57 Å². The van der Waals surface area contributed by atoms with E-state index < -0.39 is 0 Å². The Morgan fingerprint density at radius 3 is 2.00 bits per heavy atom. The second kappa shape index (κ2) is 4.06. The first kappa shape index (κ1) is 10.1. The smallest absolute Gasteiger partial charge is 0.0563 e. The van der Waals surface area contributed by atoms with Crippen molar-refractivity contribution in [1.82, 2.24) is 0 Å². The van der Waals surface area contributed by atoms with Gasteiger partial charge in [-0.25, -0.2) is 0 Å². The molecule has 0 aromatic heterocycles. The van der Waals surface area contributed by atoms with E-state index in [4.69, 9.17) is 0 Å². The van der Waals surface area contributed by atoms with Gasteiger partial charge in [0.25, 0.3) is 0 Å². The summed E-state index contributed by atoms with van der Waals surface area (Å²) in [4.78, 5) is 0. The first-order chi connectivity index (χ1) is 8.36. The molecular weight excluding hydrogens is 204 g/mol. The van der Waals surface area contributed by atoms with Crippen molar-refractivity contribution in [2.75, 3.05) is 0 Å². The van der Waals surface area contributed by atoms with Crippen LogP contribution in [0, 0.1) is 5.92 Å². The third-order valence-electron chi connectivity index (χ3n) is 3.03. The zero-order valence-electron chi connectivity index (χ0n) is 9.56. The molecule has 0 saturated heterocycles. The van der Waals surface area contributed by atoms with Gasteiger partial charge in [-0.05, 0) is 22.3 Å². The summed E-state index contributed by atoms with van der Waals surface area (Å²) >= 11 is 0. The van der Waals surface area contributed by atoms with Gasteiger partial charge in [0.2, 0.25) is 0 Å². The Hall–Kier alpha value is -2.08. The Balaban J connectivity index is 1.77. The number of benzene rings is 2. The highest BCUT2D eigenvalue weighted by atomic mass is 14.3. The number of hydrogen-bond acceptors (Lipinski definition) is 0. The fraction of sp³-hybridized carbons (Fsp3) is 0. The highest BCUT2D eigenvalue weighted by Gasteiger charge is 2.29. The van der Waals surface area contributed by atoms with E-state index in [1.165, 1.54) is 22.6 Å². The molecule has 0 N–H and O–H groups in total. The van der Waals surface area contributed by atoms with Gasteiger partial charge in [-0.15, -0.1) is 0 Å². The quantitative estimate of drug-likeness (QED) is 0.716. The first-order valence-electron chi connectivity index (χ1n) is 5.75. The molecular formula is C17H13. The molecule has 0 fully saturated rings. The lowest BCUT2D eigenvalue weighted by Crippen LogP contribution is -1.86. The van der Waals surface area contributed by atoms with Crippen LogP contribution in [0.3, 0.4) is 0 Å². The fourth-order valence-electron chi connectivity index (χ4n) is 2.01. The minimum absolute atomic E-state index is 1.12. The lowest BCUT2D eigenvalue weighted by atomic mass is 9.98. The van der Waals surface area contributed by atoms with E-state index in [9.17, 15) is 0 Å². The molecule has 0 saturated carbocycles. The molecule has 17 heavy (non-hydrogen) atoms. The van der Waals surface area contributed by atoms with E-state index in [-0.39, 0.29) is 0 Å².